The van der Waals surface area contributed by atoms with Gasteiger partial charge in [0.15, 0.2) is 11.4 Å². The van der Waals surface area contributed by atoms with Crippen LogP contribution in [0.1, 0.15) is 47.4 Å². The van der Waals surface area contributed by atoms with Crippen molar-refractivity contribution in [1.82, 2.24) is 34.4 Å². The zero-order valence-electron chi connectivity index (χ0n) is 22.6. The molecule has 6 rings (SSSR count). The average molecular weight is 551 g/mol. The number of piperidine rings is 1. The Balaban J connectivity index is 1.27. The second-order valence-electron chi connectivity index (χ2n) is 10.3. The number of pyridine rings is 1. The van der Waals surface area contributed by atoms with E-state index in [4.69, 9.17) is 10.7 Å². The number of H-pyrrole nitrogens is 1. The van der Waals surface area contributed by atoms with Gasteiger partial charge in [0.1, 0.15) is 11.9 Å². The molecule has 4 N–H and O–H groups in total. The number of ketones is 1. The second-order valence-corrected chi connectivity index (χ2v) is 10.3. The highest BCUT2D eigenvalue weighted by Crippen LogP contribution is 2.35. The van der Waals surface area contributed by atoms with Crippen LogP contribution in [0.3, 0.4) is 0 Å². The maximum Gasteiger partial charge on any atom is 0.251 e. The highest BCUT2D eigenvalue weighted by molar-refractivity contribution is 6.00. The number of nitrogens with zero attached hydrogens (tertiary/aromatic N) is 6. The quantitative estimate of drug-likeness (QED) is 0.261. The van der Waals surface area contributed by atoms with Crippen molar-refractivity contribution in [2.24, 2.45) is 0 Å². The van der Waals surface area contributed by atoms with Crippen LogP contribution in [-0.4, -0.2) is 70.4 Å². The largest absolute Gasteiger partial charge is 0.383 e. The minimum atomic E-state index is -1.15. The van der Waals surface area contributed by atoms with Crippen LogP contribution < -0.4 is 5.73 Å². The highest BCUT2D eigenvalue weighted by Gasteiger charge is 2.32. The second kappa shape index (κ2) is 10.9. The number of carbonyl (C=O) groups is 2. The molecule has 208 valence electrons. The number of aromatic nitrogens is 6. The van der Waals surface area contributed by atoms with Gasteiger partial charge < -0.3 is 20.7 Å². The molecule has 11 nitrogen and oxygen atoms in total. The van der Waals surface area contributed by atoms with Gasteiger partial charge in [-0.2, -0.15) is 9.61 Å². The van der Waals surface area contributed by atoms with Gasteiger partial charge in [-0.1, -0.05) is 36.4 Å². The molecule has 1 fully saturated rings. The summed E-state index contributed by atoms with van der Waals surface area (Å²) < 4.78 is 1.51. The van der Waals surface area contributed by atoms with E-state index in [2.05, 4.69) is 20.1 Å². The lowest BCUT2D eigenvalue weighted by atomic mass is 9.89. The molecule has 1 amide bonds. The zero-order chi connectivity index (χ0) is 28.5. The summed E-state index contributed by atoms with van der Waals surface area (Å²) in [5, 5.41) is 14.9. The fourth-order valence-electron chi connectivity index (χ4n) is 5.50. The molecule has 0 aliphatic carbocycles. The zero-order valence-corrected chi connectivity index (χ0v) is 22.6. The van der Waals surface area contributed by atoms with Crippen LogP contribution >= 0.6 is 0 Å². The summed E-state index contributed by atoms with van der Waals surface area (Å²) in [5.41, 5.74) is 12.2. The molecule has 11 heteroatoms. The van der Waals surface area contributed by atoms with Crippen LogP contribution in [0, 0.1) is 0 Å². The van der Waals surface area contributed by atoms with Crippen LogP contribution in [0.25, 0.3) is 28.0 Å². The summed E-state index contributed by atoms with van der Waals surface area (Å²) in [4.78, 5) is 43.8. The van der Waals surface area contributed by atoms with E-state index in [0.717, 1.165) is 22.4 Å². The molecule has 1 saturated heterocycles. The number of carbonyl (C=O) groups excluding carboxylic acids is 2. The van der Waals surface area contributed by atoms with E-state index < -0.39 is 6.10 Å². The maximum atomic E-state index is 12.9. The van der Waals surface area contributed by atoms with Crippen molar-refractivity contribution in [2.45, 2.75) is 38.2 Å². The van der Waals surface area contributed by atoms with Gasteiger partial charge in [-0.3, -0.25) is 14.6 Å². The number of hydrogen-bond acceptors (Lipinski definition) is 8. The Morgan fingerprint density at radius 3 is 2.51 bits per heavy atom. The first kappa shape index (κ1) is 26.3. The number of nitrogen functional groups attached to an aromatic ring is 1. The van der Waals surface area contributed by atoms with Gasteiger partial charge in [-0.15, -0.1) is 0 Å². The predicted octanol–water partition coefficient (Wildman–Crippen LogP) is 3.28. The molecule has 5 heterocycles. The number of likely N-dealkylation sites (tertiary alicyclic amines) is 1. The Bertz CT molecular complexity index is 1690. The summed E-state index contributed by atoms with van der Waals surface area (Å²) in [6.45, 7) is 2.35. The van der Waals surface area contributed by atoms with Gasteiger partial charge in [0.25, 0.3) is 5.91 Å². The molecule has 0 radical (unpaired) electrons. The summed E-state index contributed by atoms with van der Waals surface area (Å²) in [7, 11) is 0. The molecular formula is C30H30N8O3. The lowest BCUT2D eigenvalue weighted by molar-refractivity contribution is -0.141. The third-order valence-corrected chi connectivity index (χ3v) is 7.65. The van der Waals surface area contributed by atoms with Crippen LogP contribution in [0.5, 0.6) is 0 Å². The molecule has 0 spiro atoms. The van der Waals surface area contributed by atoms with E-state index in [0.29, 0.717) is 48.5 Å². The number of rotatable bonds is 7. The third kappa shape index (κ3) is 5.07. The van der Waals surface area contributed by atoms with E-state index in [1.807, 2.05) is 42.5 Å². The number of amides is 1. The number of imidazole rings is 1. The Hall–Kier alpha value is -4.90. The normalized spacial score (nSPS) is 14.8. The Morgan fingerprint density at radius 1 is 1.07 bits per heavy atom. The average Bonchev–Trinajstić information content (AvgIpc) is 3.67. The molecule has 5 aromatic rings. The minimum absolute atomic E-state index is 0.0867. The summed E-state index contributed by atoms with van der Waals surface area (Å²) in [6, 6.07) is 13.9. The van der Waals surface area contributed by atoms with Gasteiger partial charge in [0.05, 0.1) is 29.5 Å². The number of Topliss-reactive ketones (excluding diaryl/α,β-unsaturated/α-hetero) is 1. The number of aliphatic hydroxyl groups is 1. The fraction of sp³-hybridized carbons (Fsp3) is 0.267. The molecule has 4 aromatic heterocycles. The lowest BCUT2D eigenvalue weighted by Gasteiger charge is -2.33. The first-order valence-corrected chi connectivity index (χ1v) is 13.5. The van der Waals surface area contributed by atoms with Crippen LogP contribution in [0.4, 0.5) is 5.82 Å². The number of aromatic amines is 1. The first-order chi connectivity index (χ1) is 19.9. The standard InChI is InChI=1S/C30H30N8O3/c1-18(39)26-27(20-9-11-37(12-10-20)30(41)25(40)13-22-15-32-17-34-22)36-29-23(16-35-38(29)28(26)31)21-7-8-24(33-14-21)19-5-3-2-4-6-19/h2-8,14-17,20,25,40H,9-13,31H2,1H3,(H,32,34)/t25-/m0/s1. The van der Waals surface area contributed by atoms with Crippen molar-refractivity contribution >= 4 is 23.2 Å². The highest BCUT2D eigenvalue weighted by atomic mass is 16.3. The van der Waals surface area contributed by atoms with Crippen molar-refractivity contribution in [3.8, 4) is 22.4 Å². The number of anilines is 1. The van der Waals surface area contributed by atoms with E-state index in [9.17, 15) is 14.7 Å². The molecule has 0 bridgehead atoms. The number of benzene rings is 1. The molecule has 1 atom stereocenters. The van der Waals surface area contributed by atoms with Crippen molar-refractivity contribution in [3.05, 3.63) is 84.3 Å². The smallest absolute Gasteiger partial charge is 0.251 e. The monoisotopic (exact) mass is 550 g/mol. The van der Waals surface area contributed by atoms with E-state index in [-0.39, 0.29) is 29.8 Å². The minimum Gasteiger partial charge on any atom is -0.383 e. The number of aliphatic hydroxyl groups excluding tert-OH is 1. The van der Waals surface area contributed by atoms with Crippen LogP contribution in [0.15, 0.2) is 67.4 Å². The Morgan fingerprint density at radius 2 is 1.85 bits per heavy atom. The molecule has 0 unspecified atom stereocenters. The SMILES string of the molecule is CC(=O)c1c(C2CCN(C(=O)[C@@H](O)Cc3cnc[nH]3)CC2)nc2c(-c3ccc(-c4ccccc4)nc3)cnn2c1N. The Kier molecular flexibility index (Phi) is 7.02. The van der Waals surface area contributed by atoms with Gasteiger partial charge in [-0.25, -0.2) is 9.97 Å². The topological polar surface area (TPSA) is 155 Å². The molecule has 1 aliphatic heterocycles. The lowest BCUT2D eigenvalue weighted by Crippen LogP contribution is -2.44. The fourth-order valence-corrected chi connectivity index (χ4v) is 5.50. The van der Waals surface area contributed by atoms with Crippen molar-refractivity contribution in [1.29, 1.82) is 0 Å². The van der Waals surface area contributed by atoms with Gasteiger partial charge >= 0.3 is 0 Å². The van der Waals surface area contributed by atoms with Crippen molar-refractivity contribution in [3.63, 3.8) is 0 Å². The van der Waals surface area contributed by atoms with E-state index >= 15 is 0 Å². The van der Waals surface area contributed by atoms with E-state index in [1.54, 1.807) is 23.5 Å². The summed E-state index contributed by atoms with van der Waals surface area (Å²) >= 11 is 0. The number of fused-ring (bicyclic) bond motifs is 1. The van der Waals surface area contributed by atoms with Crippen LogP contribution in [0.2, 0.25) is 0 Å². The molecular weight excluding hydrogens is 520 g/mol. The number of hydrogen-bond donors (Lipinski definition) is 3. The van der Waals surface area contributed by atoms with Crippen molar-refractivity contribution in [2.75, 3.05) is 18.8 Å². The third-order valence-electron chi connectivity index (χ3n) is 7.65. The number of nitrogens with one attached hydrogen (secondary N) is 1. The van der Waals surface area contributed by atoms with Gasteiger partial charge in [0, 0.05) is 60.2 Å². The van der Waals surface area contributed by atoms with Gasteiger partial charge in [-0.05, 0) is 25.8 Å². The maximum absolute atomic E-state index is 12.9. The molecule has 41 heavy (non-hydrogen) atoms. The molecule has 0 saturated carbocycles. The number of nitrogens with two attached hydrogens (primary N) is 1. The predicted molar refractivity (Wildman–Crippen MR) is 153 cm³/mol. The molecule has 1 aromatic carbocycles. The van der Waals surface area contributed by atoms with E-state index in [1.165, 1.54) is 17.8 Å². The first-order valence-electron chi connectivity index (χ1n) is 13.5. The van der Waals surface area contributed by atoms with Crippen molar-refractivity contribution < 1.29 is 14.7 Å². The van der Waals surface area contributed by atoms with Gasteiger partial charge in [0.2, 0.25) is 0 Å². The Labute approximate surface area is 236 Å². The summed E-state index contributed by atoms with van der Waals surface area (Å²) in [5.74, 6) is -0.356. The molecule has 1 aliphatic rings. The summed E-state index contributed by atoms with van der Waals surface area (Å²) in [6.07, 6.45) is 6.78. The van der Waals surface area contributed by atoms with Crippen LogP contribution in [-0.2, 0) is 11.2 Å².